The normalized spacial score (nSPS) is 11.4. The molecular formula is C20H20N2O4S. The largest absolute Gasteiger partial charge is 0.461 e. The first kappa shape index (κ1) is 18.8. The van der Waals surface area contributed by atoms with Gasteiger partial charge in [-0.2, -0.15) is 5.10 Å². The molecule has 1 N–H and O–H groups in total. The van der Waals surface area contributed by atoms with E-state index in [-0.39, 0.29) is 27.8 Å². The number of carbonyl (C=O) groups is 1. The second kappa shape index (κ2) is 7.36. The van der Waals surface area contributed by atoms with Crippen molar-refractivity contribution in [3.05, 3.63) is 65.4 Å². The maximum Gasteiger partial charge on any atom is 0.359 e. The van der Waals surface area contributed by atoms with Gasteiger partial charge in [-0.15, -0.1) is 0 Å². The van der Waals surface area contributed by atoms with E-state index in [1.54, 1.807) is 31.2 Å². The lowest BCUT2D eigenvalue weighted by molar-refractivity contribution is 0.0520. The van der Waals surface area contributed by atoms with Gasteiger partial charge in [-0.3, -0.25) is 5.10 Å². The summed E-state index contributed by atoms with van der Waals surface area (Å²) in [6.07, 6.45) is 0. The Morgan fingerprint density at radius 3 is 2.11 bits per heavy atom. The van der Waals surface area contributed by atoms with E-state index in [4.69, 9.17) is 4.74 Å². The van der Waals surface area contributed by atoms with Gasteiger partial charge in [0.15, 0.2) is 10.7 Å². The molecule has 3 aromatic rings. The van der Waals surface area contributed by atoms with Crippen molar-refractivity contribution in [1.82, 2.24) is 10.2 Å². The van der Waals surface area contributed by atoms with Gasteiger partial charge >= 0.3 is 5.97 Å². The molecule has 1 heterocycles. The van der Waals surface area contributed by atoms with Crippen LogP contribution in [0.1, 0.15) is 28.5 Å². The molecule has 6 nitrogen and oxygen atoms in total. The summed E-state index contributed by atoms with van der Waals surface area (Å²) in [7, 11) is -3.90. The number of aryl methyl sites for hydroxylation is 2. The summed E-state index contributed by atoms with van der Waals surface area (Å²) in [5.41, 5.74) is 2.70. The van der Waals surface area contributed by atoms with Crippen molar-refractivity contribution in [3.63, 3.8) is 0 Å². The van der Waals surface area contributed by atoms with Crippen molar-refractivity contribution in [1.29, 1.82) is 0 Å². The number of hydrogen-bond donors (Lipinski definition) is 1. The van der Waals surface area contributed by atoms with Crippen LogP contribution in [0.3, 0.4) is 0 Å². The zero-order chi connectivity index (χ0) is 19.6. The summed E-state index contributed by atoms with van der Waals surface area (Å²) >= 11 is 0. The maximum absolute atomic E-state index is 13.2. The van der Waals surface area contributed by atoms with Gasteiger partial charge in [-0.05, 0) is 38.5 Å². The topological polar surface area (TPSA) is 89.1 Å². The van der Waals surface area contributed by atoms with E-state index in [0.29, 0.717) is 5.56 Å². The molecule has 0 unspecified atom stereocenters. The van der Waals surface area contributed by atoms with Gasteiger partial charge in [0, 0.05) is 0 Å². The van der Waals surface area contributed by atoms with Crippen molar-refractivity contribution in [2.45, 2.75) is 30.7 Å². The van der Waals surface area contributed by atoms with Gasteiger partial charge in [-0.25, -0.2) is 13.2 Å². The number of rotatable bonds is 5. The molecule has 0 fully saturated rings. The van der Waals surface area contributed by atoms with E-state index < -0.39 is 15.8 Å². The maximum atomic E-state index is 13.2. The number of benzene rings is 2. The molecule has 0 aliphatic rings. The van der Waals surface area contributed by atoms with Gasteiger partial charge in [0.1, 0.15) is 0 Å². The quantitative estimate of drug-likeness (QED) is 0.678. The zero-order valence-electron chi connectivity index (χ0n) is 15.3. The Kier molecular flexibility index (Phi) is 5.14. The number of aromatic amines is 1. The van der Waals surface area contributed by atoms with Gasteiger partial charge in [0.2, 0.25) is 9.84 Å². The number of ether oxygens (including phenoxy) is 1. The molecule has 0 bridgehead atoms. The number of nitrogens with one attached hydrogen (secondary N) is 1. The van der Waals surface area contributed by atoms with Crippen LogP contribution >= 0.6 is 0 Å². The molecule has 0 saturated heterocycles. The number of aromatic nitrogens is 2. The predicted molar refractivity (Wildman–Crippen MR) is 101 cm³/mol. The summed E-state index contributed by atoms with van der Waals surface area (Å²) in [5.74, 6) is -0.672. The lowest BCUT2D eigenvalue weighted by Gasteiger charge is -2.08. The minimum atomic E-state index is -3.90. The monoisotopic (exact) mass is 384 g/mol. The average molecular weight is 384 g/mol. The van der Waals surface area contributed by atoms with Crippen LogP contribution in [-0.4, -0.2) is 31.2 Å². The number of esters is 1. The Labute approximate surface area is 158 Å². The van der Waals surface area contributed by atoms with Crippen molar-refractivity contribution < 1.29 is 17.9 Å². The fraction of sp³-hybridized carbons (Fsp3) is 0.200. The van der Waals surface area contributed by atoms with Crippen molar-refractivity contribution in [3.8, 4) is 11.1 Å². The van der Waals surface area contributed by atoms with E-state index in [0.717, 1.165) is 11.1 Å². The molecule has 7 heteroatoms. The molecule has 0 atom stereocenters. The molecule has 0 spiro atoms. The predicted octanol–water partition coefficient (Wildman–Crippen LogP) is 3.70. The number of carbonyl (C=O) groups excluding carboxylic acids is 1. The smallest absolute Gasteiger partial charge is 0.359 e. The summed E-state index contributed by atoms with van der Waals surface area (Å²) in [4.78, 5) is 12.5. The molecule has 3 rings (SSSR count). The van der Waals surface area contributed by atoms with E-state index in [1.165, 1.54) is 12.1 Å². The van der Waals surface area contributed by atoms with E-state index in [1.807, 2.05) is 26.0 Å². The lowest BCUT2D eigenvalue weighted by Crippen LogP contribution is -2.08. The van der Waals surface area contributed by atoms with Gasteiger partial charge in [-0.1, -0.05) is 47.5 Å². The van der Waals surface area contributed by atoms with Gasteiger partial charge in [0.05, 0.1) is 17.1 Å². The van der Waals surface area contributed by atoms with Crippen LogP contribution in [0, 0.1) is 13.8 Å². The summed E-state index contributed by atoms with van der Waals surface area (Å²) in [6.45, 7) is 5.65. The molecule has 1 aromatic heterocycles. The summed E-state index contributed by atoms with van der Waals surface area (Å²) < 4.78 is 31.4. The van der Waals surface area contributed by atoms with Crippen LogP contribution < -0.4 is 0 Å². The minimum absolute atomic E-state index is 0.0496. The van der Waals surface area contributed by atoms with Crippen LogP contribution in [0.2, 0.25) is 0 Å². The van der Waals surface area contributed by atoms with E-state index >= 15 is 0 Å². The summed E-state index contributed by atoms with van der Waals surface area (Å²) in [5, 5.41) is 6.38. The van der Waals surface area contributed by atoms with E-state index in [9.17, 15) is 13.2 Å². The van der Waals surface area contributed by atoms with Crippen molar-refractivity contribution >= 4 is 15.8 Å². The van der Waals surface area contributed by atoms with Crippen LogP contribution in [0.15, 0.2) is 58.5 Å². The standard InChI is InChI=1S/C20H20N2O4S/c1-4-26-20(23)18-17(15-9-5-13(2)6-10-15)19(22-21-18)27(24,25)16-11-7-14(3)8-12-16/h5-12H,4H2,1-3H3,(H,21,22). The van der Waals surface area contributed by atoms with Gasteiger partial charge < -0.3 is 4.74 Å². The fourth-order valence-corrected chi connectivity index (χ4v) is 4.07. The Morgan fingerprint density at radius 2 is 1.56 bits per heavy atom. The molecule has 0 saturated carbocycles. The average Bonchev–Trinajstić information content (AvgIpc) is 3.09. The highest BCUT2D eigenvalue weighted by molar-refractivity contribution is 7.91. The number of hydrogen-bond acceptors (Lipinski definition) is 5. The number of H-pyrrole nitrogens is 1. The highest BCUT2D eigenvalue weighted by Gasteiger charge is 2.30. The molecular weight excluding hydrogens is 364 g/mol. The SMILES string of the molecule is CCOC(=O)c1n[nH]c(S(=O)(=O)c2ccc(C)cc2)c1-c1ccc(C)cc1. The molecule has 0 aliphatic heterocycles. The second-order valence-corrected chi connectivity index (χ2v) is 8.07. The third kappa shape index (κ3) is 3.64. The molecule has 0 radical (unpaired) electrons. The lowest BCUT2D eigenvalue weighted by atomic mass is 10.0. The third-order valence-corrected chi connectivity index (χ3v) is 5.87. The minimum Gasteiger partial charge on any atom is -0.461 e. The van der Waals surface area contributed by atoms with Crippen LogP contribution in [0.4, 0.5) is 0 Å². The molecule has 140 valence electrons. The van der Waals surface area contributed by atoms with Crippen LogP contribution in [0.25, 0.3) is 11.1 Å². The second-order valence-electron chi connectivity index (χ2n) is 6.18. The zero-order valence-corrected chi connectivity index (χ0v) is 16.1. The molecule has 27 heavy (non-hydrogen) atoms. The highest BCUT2D eigenvalue weighted by Crippen LogP contribution is 2.33. The molecule has 0 aliphatic carbocycles. The Bertz CT molecular complexity index is 1070. The third-order valence-electron chi connectivity index (χ3n) is 4.14. The Balaban J connectivity index is 2.22. The Morgan fingerprint density at radius 1 is 1.00 bits per heavy atom. The van der Waals surface area contributed by atoms with Crippen LogP contribution in [-0.2, 0) is 14.6 Å². The fourth-order valence-electron chi connectivity index (χ4n) is 2.69. The molecule has 2 aromatic carbocycles. The first-order chi connectivity index (χ1) is 12.8. The van der Waals surface area contributed by atoms with Crippen LogP contribution in [0.5, 0.6) is 0 Å². The van der Waals surface area contributed by atoms with Crippen molar-refractivity contribution in [2.24, 2.45) is 0 Å². The first-order valence-corrected chi connectivity index (χ1v) is 9.97. The van der Waals surface area contributed by atoms with Gasteiger partial charge in [0.25, 0.3) is 0 Å². The first-order valence-electron chi connectivity index (χ1n) is 8.49. The number of nitrogens with zero attached hydrogens (tertiary/aromatic N) is 1. The highest BCUT2D eigenvalue weighted by atomic mass is 32.2. The summed E-state index contributed by atoms with van der Waals surface area (Å²) in [6, 6.07) is 13.7. The van der Waals surface area contributed by atoms with E-state index in [2.05, 4.69) is 10.2 Å². The Hall–Kier alpha value is -2.93. The van der Waals surface area contributed by atoms with Crippen molar-refractivity contribution in [2.75, 3.05) is 6.61 Å². The number of sulfone groups is 1. The molecule has 0 amide bonds.